The molecular weight excluding hydrogens is 320 g/mol. The number of rotatable bonds is 4. The summed E-state index contributed by atoms with van der Waals surface area (Å²) in [7, 11) is 0. The second kappa shape index (κ2) is 5.60. The molecule has 3 aromatic rings. The number of thiophene rings is 1. The number of anilines is 1. The van der Waals surface area contributed by atoms with Crippen LogP contribution < -0.4 is 5.32 Å². The summed E-state index contributed by atoms with van der Waals surface area (Å²) < 4.78 is 5.46. The molecule has 0 bridgehead atoms. The lowest BCUT2D eigenvalue weighted by molar-refractivity contribution is -0.118. The van der Waals surface area contributed by atoms with Gasteiger partial charge in [0, 0.05) is 11.8 Å². The average molecular weight is 338 g/mol. The van der Waals surface area contributed by atoms with Crippen molar-refractivity contribution >= 4 is 22.9 Å². The van der Waals surface area contributed by atoms with Crippen LogP contribution in [0.15, 0.2) is 46.3 Å². The third-order valence-corrected chi connectivity index (χ3v) is 5.55. The fraction of sp³-hybridized carbons (Fsp3) is 0.263. The molecule has 1 fully saturated rings. The molecule has 1 aromatic carbocycles. The fourth-order valence-electron chi connectivity index (χ4n) is 3.00. The molecule has 0 radical (unpaired) electrons. The first-order chi connectivity index (χ1) is 11.6. The van der Waals surface area contributed by atoms with E-state index in [4.69, 9.17) is 4.52 Å². The average Bonchev–Trinajstić information content (AvgIpc) is 3.00. The zero-order valence-electron chi connectivity index (χ0n) is 13.6. The van der Waals surface area contributed by atoms with Crippen molar-refractivity contribution in [2.24, 2.45) is 0 Å². The van der Waals surface area contributed by atoms with Gasteiger partial charge in [-0.3, -0.25) is 4.79 Å². The van der Waals surface area contributed by atoms with Crippen molar-refractivity contribution in [2.45, 2.75) is 32.1 Å². The van der Waals surface area contributed by atoms with Gasteiger partial charge in [0.25, 0.3) is 0 Å². The van der Waals surface area contributed by atoms with Crippen LogP contribution in [-0.2, 0) is 10.2 Å². The smallest absolute Gasteiger partial charge is 0.236 e. The SMILES string of the molecule is Cc1cccc(C)c1NC(=O)C1(c2cc(-c3cccs3)on2)CC1. The van der Waals surface area contributed by atoms with Gasteiger partial charge in [0.2, 0.25) is 5.91 Å². The van der Waals surface area contributed by atoms with Crippen molar-refractivity contribution < 1.29 is 9.32 Å². The van der Waals surface area contributed by atoms with Gasteiger partial charge in [0.05, 0.1) is 16.0 Å². The van der Waals surface area contributed by atoms with Crippen LogP contribution in [0.3, 0.4) is 0 Å². The second-order valence-electron chi connectivity index (χ2n) is 6.36. The van der Waals surface area contributed by atoms with Crippen molar-refractivity contribution in [2.75, 3.05) is 5.32 Å². The van der Waals surface area contributed by atoms with Crippen LogP contribution in [0.25, 0.3) is 10.6 Å². The summed E-state index contributed by atoms with van der Waals surface area (Å²) in [6, 6.07) is 11.9. The number of carbonyl (C=O) groups is 1. The standard InChI is InChI=1S/C19H18N2O2S/c1-12-5-3-6-13(2)17(12)20-18(22)19(8-9-19)16-11-14(23-21-16)15-7-4-10-24-15/h3-7,10-11H,8-9H2,1-2H3,(H,20,22). The van der Waals surface area contributed by atoms with Crippen LogP contribution >= 0.6 is 11.3 Å². The Kier molecular flexibility index (Phi) is 3.53. The van der Waals surface area contributed by atoms with Crippen LogP contribution in [0.1, 0.15) is 29.7 Å². The van der Waals surface area contributed by atoms with Gasteiger partial charge < -0.3 is 9.84 Å². The van der Waals surface area contributed by atoms with E-state index in [1.165, 1.54) is 0 Å². The highest BCUT2D eigenvalue weighted by Gasteiger charge is 2.54. The maximum absolute atomic E-state index is 12.9. The molecule has 4 rings (SSSR count). The molecule has 5 heteroatoms. The number of benzene rings is 1. The van der Waals surface area contributed by atoms with Crippen molar-refractivity contribution in [1.29, 1.82) is 0 Å². The summed E-state index contributed by atoms with van der Waals surface area (Å²) >= 11 is 1.60. The summed E-state index contributed by atoms with van der Waals surface area (Å²) in [6.45, 7) is 4.01. The number of aryl methyl sites for hydroxylation is 2. The van der Waals surface area contributed by atoms with Gasteiger partial charge >= 0.3 is 0 Å². The molecule has 4 nitrogen and oxygen atoms in total. The maximum atomic E-state index is 12.9. The summed E-state index contributed by atoms with van der Waals surface area (Å²) in [4.78, 5) is 13.9. The Morgan fingerprint density at radius 2 is 1.96 bits per heavy atom. The predicted octanol–water partition coefficient (Wildman–Crippen LogP) is 4.69. The monoisotopic (exact) mass is 338 g/mol. The van der Waals surface area contributed by atoms with E-state index >= 15 is 0 Å². The Hall–Kier alpha value is -2.40. The summed E-state index contributed by atoms with van der Waals surface area (Å²) in [5.74, 6) is 0.733. The number of aromatic nitrogens is 1. The lowest BCUT2D eigenvalue weighted by atomic mass is 10.00. The number of nitrogens with zero attached hydrogens (tertiary/aromatic N) is 1. The van der Waals surface area contributed by atoms with Gasteiger partial charge in [-0.15, -0.1) is 11.3 Å². The van der Waals surface area contributed by atoms with Gasteiger partial charge in [-0.25, -0.2) is 0 Å². The normalized spacial score (nSPS) is 15.2. The molecule has 1 saturated carbocycles. The molecule has 2 aromatic heterocycles. The fourth-order valence-corrected chi connectivity index (χ4v) is 3.68. The lowest BCUT2D eigenvalue weighted by Gasteiger charge is -2.16. The molecule has 24 heavy (non-hydrogen) atoms. The zero-order chi connectivity index (χ0) is 16.7. The van der Waals surface area contributed by atoms with E-state index in [1.54, 1.807) is 11.3 Å². The topological polar surface area (TPSA) is 55.1 Å². The molecule has 1 N–H and O–H groups in total. The maximum Gasteiger partial charge on any atom is 0.236 e. The highest BCUT2D eigenvalue weighted by Crippen LogP contribution is 2.49. The highest BCUT2D eigenvalue weighted by atomic mass is 32.1. The first-order valence-corrected chi connectivity index (χ1v) is 8.87. The minimum Gasteiger partial charge on any atom is -0.355 e. The summed E-state index contributed by atoms with van der Waals surface area (Å²) in [5, 5.41) is 9.29. The molecule has 1 amide bonds. The molecule has 0 saturated heterocycles. The van der Waals surface area contributed by atoms with Crippen LogP contribution in [0.2, 0.25) is 0 Å². The second-order valence-corrected chi connectivity index (χ2v) is 7.30. The van der Waals surface area contributed by atoms with Gasteiger partial charge in [0.15, 0.2) is 5.76 Å². The minimum absolute atomic E-state index is 0.00549. The van der Waals surface area contributed by atoms with E-state index in [2.05, 4.69) is 10.5 Å². The van der Waals surface area contributed by atoms with Gasteiger partial charge in [-0.1, -0.05) is 29.4 Å². The van der Waals surface area contributed by atoms with E-state index in [1.807, 2.05) is 55.6 Å². The Morgan fingerprint density at radius 3 is 2.58 bits per heavy atom. The van der Waals surface area contributed by atoms with Crippen LogP contribution in [0, 0.1) is 13.8 Å². The molecule has 0 atom stereocenters. The first kappa shape index (κ1) is 15.1. The van der Waals surface area contributed by atoms with Crippen LogP contribution in [0.5, 0.6) is 0 Å². The molecular formula is C19H18N2O2S. The Balaban J connectivity index is 1.60. The minimum atomic E-state index is -0.548. The van der Waals surface area contributed by atoms with E-state index < -0.39 is 5.41 Å². The zero-order valence-corrected chi connectivity index (χ0v) is 14.4. The molecule has 0 unspecified atom stereocenters. The number of carbonyl (C=O) groups excluding carboxylic acids is 1. The van der Waals surface area contributed by atoms with Gasteiger partial charge in [0.1, 0.15) is 0 Å². The molecule has 1 aliphatic carbocycles. The van der Waals surface area contributed by atoms with Crippen molar-refractivity contribution in [3.05, 3.63) is 58.6 Å². The Bertz CT molecular complexity index is 872. The summed E-state index contributed by atoms with van der Waals surface area (Å²) in [6.07, 6.45) is 1.61. The van der Waals surface area contributed by atoms with Crippen LogP contribution in [-0.4, -0.2) is 11.1 Å². The van der Waals surface area contributed by atoms with E-state index in [0.29, 0.717) is 0 Å². The molecule has 0 spiro atoms. The largest absolute Gasteiger partial charge is 0.355 e. The number of amides is 1. The number of para-hydroxylation sites is 1. The van der Waals surface area contributed by atoms with Gasteiger partial charge in [-0.2, -0.15) is 0 Å². The Labute approximate surface area is 144 Å². The van der Waals surface area contributed by atoms with E-state index in [-0.39, 0.29) is 5.91 Å². The highest BCUT2D eigenvalue weighted by molar-refractivity contribution is 7.13. The third kappa shape index (κ3) is 2.45. The van der Waals surface area contributed by atoms with Crippen molar-refractivity contribution in [3.8, 4) is 10.6 Å². The van der Waals surface area contributed by atoms with E-state index in [9.17, 15) is 4.79 Å². The molecule has 2 heterocycles. The number of hydrogen-bond acceptors (Lipinski definition) is 4. The third-order valence-electron chi connectivity index (χ3n) is 4.67. The number of nitrogens with one attached hydrogen (secondary N) is 1. The first-order valence-electron chi connectivity index (χ1n) is 7.99. The summed E-state index contributed by atoms with van der Waals surface area (Å²) in [5.41, 5.74) is 3.22. The molecule has 0 aliphatic heterocycles. The molecule has 122 valence electrons. The van der Waals surface area contributed by atoms with Gasteiger partial charge in [-0.05, 0) is 49.3 Å². The van der Waals surface area contributed by atoms with Crippen molar-refractivity contribution in [1.82, 2.24) is 5.16 Å². The quantitative estimate of drug-likeness (QED) is 0.751. The number of hydrogen-bond donors (Lipinski definition) is 1. The lowest BCUT2D eigenvalue weighted by Crippen LogP contribution is -2.28. The van der Waals surface area contributed by atoms with Crippen LogP contribution in [0.4, 0.5) is 5.69 Å². The Morgan fingerprint density at radius 1 is 1.21 bits per heavy atom. The molecule has 1 aliphatic rings. The predicted molar refractivity (Wildman–Crippen MR) is 95.3 cm³/mol. The van der Waals surface area contributed by atoms with E-state index in [0.717, 1.165) is 46.0 Å². The van der Waals surface area contributed by atoms with Crippen molar-refractivity contribution in [3.63, 3.8) is 0 Å².